The lowest BCUT2D eigenvalue weighted by Crippen LogP contribution is -2.03. The number of nitrogens with zero attached hydrogens (tertiary/aromatic N) is 4. The van der Waals surface area contributed by atoms with E-state index < -0.39 is 0 Å². The summed E-state index contributed by atoms with van der Waals surface area (Å²) >= 11 is 0. The molecular weight excluding hydrogens is 440 g/mol. The first-order valence-corrected chi connectivity index (χ1v) is 11.6. The van der Waals surface area contributed by atoms with E-state index in [0.29, 0.717) is 35.4 Å². The molecule has 3 heterocycles. The normalized spacial score (nSPS) is 14.1. The van der Waals surface area contributed by atoms with Gasteiger partial charge >= 0.3 is 0 Å². The first-order chi connectivity index (χ1) is 17.2. The Hall–Kier alpha value is -4.36. The Morgan fingerprint density at radius 1 is 0.857 bits per heavy atom. The molecule has 1 aliphatic rings. The van der Waals surface area contributed by atoms with Crippen LogP contribution in [0.15, 0.2) is 79.3 Å². The summed E-state index contributed by atoms with van der Waals surface area (Å²) < 4.78 is 3.80. The predicted molar refractivity (Wildman–Crippen MR) is 134 cm³/mol. The van der Waals surface area contributed by atoms with Crippen LogP contribution in [0.5, 0.6) is 0 Å². The maximum Gasteiger partial charge on any atom is 0.173 e. The molecule has 1 N–H and O–H groups in total. The Labute approximate surface area is 200 Å². The lowest BCUT2D eigenvalue weighted by atomic mass is 9.97. The van der Waals surface area contributed by atoms with Gasteiger partial charge in [0.15, 0.2) is 11.6 Å². The minimum atomic E-state index is -0.222. The Morgan fingerprint density at radius 3 is 2.37 bits per heavy atom. The fourth-order valence-corrected chi connectivity index (χ4v) is 4.93. The second kappa shape index (κ2) is 8.45. The number of rotatable bonds is 6. The molecule has 0 amide bonds. The maximum atomic E-state index is 13.3. The topological polar surface area (TPSA) is 90.0 Å². The number of carbonyl (C=O) groups is 2. The minimum Gasteiger partial charge on any atom is -0.396 e. The van der Waals surface area contributed by atoms with Crippen LogP contribution in [0, 0.1) is 0 Å². The molecule has 2 aromatic carbocycles. The number of aliphatic hydroxyl groups is 1. The second-order valence-electron chi connectivity index (χ2n) is 8.58. The Morgan fingerprint density at radius 2 is 1.60 bits per heavy atom. The zero-order valence-corrected chi connectivity index (χ0v) is 18.9. The van der Waals surface area contributed by atoms with Gasteiger partial charge in [0, 0.05) is 47.5 Å². The molecule has 0 atom stereocenters. The van der Waals surface area contributed by atoms with Crippen molar-refractivity contribution in [3.05, 3.63) is 90.5 Å². The maximum absolute atomic E-state index is 13.3. The Balaban J connectivity index is 1.63. The average Bonchev–Trinajstić information content (AvgIpc) is 3.54. The summed E-state index contributed by atoms with van der Waals surface area (Å²) in [6.45, 7) is 0.560. The van der Waals surface area contributed by atoms with E-state index >= 15 is 0 Å². The van der Waals surface area contributed by atoms with Crippen molar-refractivity contribution in [2.45, 2.75) is 19.4 Å². The fourth-order valence-electron chi connectivity index (χ4n) is 4.93. The summed E-state index contributed by atoms with van der Waals surface area (Å²) in [6.07, 6.45) is 5.77. The lowest BCUT2D eigenvalue weighted by Gasteiger charge is -2.04. The van der Waals surface area contributed by atoms with E-state index in [1.807, 2.05) is 71.4 Å². The van der Waals surface area contributed by atoms with Crippen LogP contribution in [0.2, 0.25) is 0 Å². The third kappa shape index (κ3) is 3.40. The van der Waals surface area contributed by atoms with E-state index in [9.17, 15) is 14.7 Å². The highest BCUT2D eigenvalue weighted by molar-refractivity contribution is 6.52. The van der Waals surface area contributed by atoms with Crippen LogP contribution in [0.25, 0.3) is 38.6 Å². The molecule has 172 valence electrons. The molecule has 7 heteroatoms. The van der Waals surface area contributed by atoms with E-state index in [4.69, 9.17) is 5.10 Å². The highest BCUT2D eigenvalue weighted by atomic mass is 16.3. The monoisotopic (exact) mass is 462 g/mol. The first-order valence-electron chi connectivity index (χ1n) is 11.6. The molecular formula is C28H22N4O3. The van der Waals surface area contributed by atoms with Crippen molar-refractivity contribution in [3.8, 4) is 5.69 Å². The van der Waals surface area contributed by atoms with Crippen molar-refractivity contribution in [2.24, 2.45) is 0 Å². The number of carbonyl (C=O) groups excluding carboxylic acids is 2. The van der Waals surface area contributed by atoms with Crippen LogP contribution in [0.3, 0.4) is 0 Å². The fraction of sp³-hybridized carbons (Fsp3) is 0.143. The summed E-state index contributed by atoms with van der Waals surface area (Å²) in [5, 5.41) is 15.8. The van der Waals surface area contributed by atoms with E-state index in [2.05, 4.69) is 4.98 Å². The number of benzene rings is 2. The predicted octanol–water partition coefficient (Wildman–Crippen LogP) is 4.21. The number of Topliss-reactive ketones (excluding diaryl/α,β-unsaturated/α-hetero) is 2. The van der Waals surface area contributed by atoms with Crippen molar-refractivity contribution >= 4 is 44.5 Å². The van der Waals surface area contributed by atoms with Crippen molar-refractivity contribution in [1.82, 2.24) is 19.3 Å². The average molecular weight is 463 g/mol. The van der Waals surface area contributed by atoms with Gasteiger partial charge in [-0.05, 0) is 30.7 Å². The van der Waals surface area contributed by atoms with Crippen molar-refractivity contribution in [3.63, 3.8) is 0 Å². The molecule has 0 bridgehead atoms. The third-order valence-electron chi connectivity index (χ3n) is 6.46. The number of hydrogen-bond donors (Lipinski definition) is 1. The highest BCUT2D eigenvalue weighted by Crippen LogP contribution is 2.41. The first kappa shape index (κ1) is 21.2. The summed E-state index contributed by atoms with van der Waals surface area (Å²) in [4.78, 5) is 30.8. The zero-order valence-electron chi connectivity index (χ0n) is 18.9. The van der Waals surface area contributed by atoms with Crippen LogP contribution in [-0.4, -0.2) is 42.6 Å². The van der Waals surface area contributed by atoms with Gasteiger partial charge in [0.1, 0.15) is 5.69 Å². The smallest absolute Gasteiger partial charge is 0.173 e. The molecule has 0 unspecified atom stereocenters. The molecule has 0 saturated carbocycles. The summed E-state index contributed by atoms with van der Waals surface area (Å²) in [5.41, 5.74) is 4.66. The number of aliphatic hydroxyl groups excluding tert-OH is 1. The molecule has 5 aromatic rings. The standard InChI is InChI=1S/C28H22N4O3/c33-14-6-13-32-23-11-4-2-9-20(23)28(30-32)27-25(35)15-24(34)26(27)21-17-31(18-7-5-12-29-16-18)22-10-3-1-8-19(21)22/h1-5,7-12,16-17,33H,6,13-15H2. The number of ketones is 2. The van der Waals surface area contributed by atoms with Gasteiger partial charge in [0.2, 0.25) is 0 Å². The molecule has 0 spiro atoms. The van der Waals surface area contributed by atoms with Gasteiger partial charge in [-0.25, -0.2) is 0 Å². The van der Waals surface area contributed by atoms with Gasteiger partial charge in [-0.2, -0.15) is 5.10 Å². The summed E-state index contributed by atoms with van der Waals surface area (Å²) in [7, 11) is 0. The second-order valence-corrected chi connectivity index (χ2v) is 8.58. The molecule has 35 heavy (non-hydrogen) atoms. The molecule has 6 rings (SSSR count). The highest BCUT2D eigenvalue weighted by Gasteiger charge is 2.36. The number of aryl methyl sites for hydroxylation is 1. The van der Waals surface area contributed by atoms with Crippen LogP contribution < -0.4 is 0 Å². The quantitative estimate of drug-likeness (QED) is 0.382. The van der Waals surface area contributed by atoms with E-state index in [0.717, 1.165) is 27.5 Å². The molecule has 0 radical (unpaired) electrons. The van der Waals surface area contributed by atoms with Crippen LogP contribution in [-0.2, 0) is 16.1 Å². The molecule has 3 aromatic heterocycles. The van der Waals surface area contributed by atoms with Crippen molar-refractivity contribution in [2.75, 3.05) is 6.61 Å². The van der Waals surface area contributed by atoms with Crippen LogP contribution in [0.4, 0.5) is 0 Å². The number of allylic oxidation sites excluding steroid dienone is 2. The van der Waals surface area contributed by atoms with E-state index in [1.165, 1.54) is 0 Å². The third-order valence-corrected chi connectivity index (χ3v) is 6.46. The van der Waals surface area contributed by atoms with Crippen molar-refractivity contribution < 1.29 is 14.7 Å². The lowest BCUT2D eigenvalue weighted by molar-refractivity contribution is -0.119. The van der Waals surface area contributed by atoms with Gasteiger partial charge < -0.3 is 9.67 Å². The summed E-state index contributed by atoms with van der Waals surface area (Å²) in [6, 6.07) is 19.3. The van der Waals surface area contributed by atoms with Gasteiger partial charge in [-0.15, -0.1) is 0 Å². The molecule has 0 aliphatic heterocycles. The van der Waals surface area contributed by atoms with E-state index in [-0.39, 0.29) is 24.6 Å². The molecule has 7 nitrogen and oxygen atoms in total. The number of fused-ring (bicyclic) bond motifs is 2. The van der Waals surface area contributed by atoms with Crippen LogP contribution in [0.1, 0.15) is 24.1 Å². The number of aromatic nitrogens is 4. The minimum absolute atomic E-state index is 0.0444. The van der Waals surface area contributed by atoms with Crippen molar-refractivity contribution in [1.29, 1.82) is 0 Å². The number of para-hydroxylation sites is 2. The SMILES string of the molecule is O=C1CC(=O)C(c2nn(CCCO)c3ccccc23)=C1c1cn(-c2cccnc2)c2ccccc12. The van der Waals surface area contributed by atoms with E-state index in [1.54, 1.807) is 17.1 Å². The molecule has 1 aliphatic carbocycles. The van der Waals surface area contributed by atoms with Crippen LogP contribution >= 0.6 is 0 Å². The van der Waals surface area contributed by atoms with Gasteiger partial charge in [0.05, 0.1) is 34.9 Å². The summed E-state index contributed by atoms with van der Waals surface area (Å²) in [5.74, 6) is -0.422. The Kier molecular flexibility index (Phi) is 5.12. The van der Waals surface area contributed by atoms with Gasteiger partial charge in [-0.1, -0.05) is 36.4 Å². The zero-order chi connectivity index (χ0) is 23.9. The number of pyridine rings is 1. The number of hydrogen-bond acceptors (Lipinski definition) is 5. The van der Waals surface area contributed by atoms with Gasteiger partial charge in [-0.3, -0.25) is 19.3 Å². The Bertz CT molecular complexity index is 1640. The van der Waals surface area contributed by atoms with Gasteiger partial charge in [0.25, 0.3) is 0 Å². The molecule has 0 saturated heterocycles. The molecule has 0 fully saturated rings. The largest absolute Gasteiger partial charge is 0.396 e.